The smallest absolute Gasteiger partial charge is 0.283 e. The number of carbonyl (C=O) groups excluding carboxylic acids is 1. The predicted molar refractivity (Wildman–Crippen MR) is 75.6 cm³/mol. The number of benzene rings is 1. The highest BCUT2D eigenvalue weighted by atomic mass is 79.9. The van der Waals surface area contributed by atoms with Gasteiger partial charge in [-0.1, -0.05) is 6.07 Å². The van der Waals surface area contributed by atoms with Crippen LogP contribution >= 0.6 is 27.7 Å². The summed E-state index contributed by atoms with van der Waals surface area (Å²) in [5.74, 6) is 0.914. The number of rotatable bonds is 6. The van der Waals surface area contributed by atoms with Crippen LogP contribution in [0.2, 0.25) is 0 Å². The van der Waals surface area contributed by atoms with Crippen LogP contribution in [0.15, 0.2) is 22.7 Å². The molecule has 1 N–H and O–H groups in total. The Morgan fingerprint density at radius 3 is 2.89 bits per heavy atom. The number of carbonyl (C=O) groups is 1. The Balaban J connectivity index is 2.55. The van der Waals surface area contributed by atoms with E-state index < -0.39 is 4.92 Å². The van der Waals surface area contributed by atoms with Crippen molar-refractivity contribution in [2.24, 2.45) is 0 Å². The van der Waals surface area contributed by atoms with Gasteiger partial charge in [0.15, 0.2) is 0 Å². The second-order valence-corrected chi connectivity index (χ2v) is 5.33. The highest BCUT2D eigenvalue weighted by Gasteiger charge is 2.12. The van der Waals surface area contributed by atoms with Crippen LogP contribution in [0.4, 0.5) is 5.69 Å². The van der Waals surface area contributed by atoms with E-state index in [1.165, 1.54) is 17.8 Å². The molecular formula is C11H13BrN2O3S. The molecule has 0 aliphatic rings. The van der Waals surface area contributed by atoms with Gasteiger partial charge < -0.3 is 5.32 Å². The molecule has 1 amide bonds. The fourth-order valence-corrected chi connectivity index (χ4v) is 2.49. The van der Waals surface area contributed by atoms with Gasteiger partial charge in [0.2, 0.25) is 5.91 Å². The van der Waals surface area contributed by atoms with E-state index in [2.05, 4.69) is 21.2 Å². The number of halogens is 1. The number of nitro groups is 1. The fraction of sp³-hybridized carbons (Fsp3) is 0.364. The third-order valence-corrected chi connectivity index (χ3v) is 3.76. The lowest BCUT2D eigenvalue weighted by molar-refractivity contribution is -0.385. The van der Waals surface area contributed by atoms with E-state index in [9.17, 15) is 14.9 Å². The van der Waals surface area contributed by atoms with E-state index in [0.29, 0.717) is 22.5 Å². The summed E-state index contributed by atoms with van der Waals surface area (Å²) in [6.07, 6.45) is 0. The molecule has 0 aliphatic carbocycles. The van der Waals surface area contributed by atoms with Crippen LogP contribution in [0.5, 0.6) is 0 Å². The molecule has 0 spiro atoms. The van der Waals surface area contributed by atoms with Crippen molar-refractivity contribution in [1.82, 2.24) is 5.32 Å². The first-order valence-electron chi connectivity index (χ1n) is 5.32. The van der Waals surface area contributed by atoms with Crippen LogP contribution in [0.1, 0.15) is 12.5 Å². The Morgan fingerprint density at radius 1 is 1.56 bits per heavy atom. The maximum atomic E-state index is 11.2. The molecule has 0 radical (unpaired) electrons. The van der Waals surface area contributed by atoms with Crippen molar-refractivity contribution in [3.8, 4) is 0 Å². The average molecular weight is 333 g/mol. The highest BCUT2D eigenvalue weighted by molar-refractivity contribution is 9.10. The summed E-state index contributed by atoms with van der Waals surface area (Å²) in [4.78, 5) is 21.5. The molecule has 0 saturated heterocycles. The lowest BCUT2D eigenvalue weighted by atomic mass is 10.2. The van der Waals surface area contributed by atoms with Gasteiger partial charge in [-0.3, -0.25) is 14.9 Å². The molecule has 1 rings (SSSR count). The molecule has 0 aliphatic heterocycles. The monoisotopic (exact) mass is 332 g/mol. The first-order valence-corrected chi connectivity index (χ1v) is 7.26. The van der Waals surface area contributed by atoms with Gasteiger partial charge in [-0.15, -0.1) is 11.8 Å². The minimum atomic E-state index is -0.429. The zero-order valence-corrected chi connectivity index (χ0v) is 12.2. The van der Waals surface area contributed by atoms with Crippen molar-refractivity contribution in [2.75, 3.05) is 12.3 Å². The Hall–Kier alpha value is -1.08. The summed E-state index contributed by atoms with van der Waals surface area (Å²) in [6, 6.07) is 4.98. The van der Waals surface area contributed by atoms with Crippen molar-refractivity contribution in [2.45, 2.75) is 12.7 Å². The van der Waals surface area contributed by atoms with Crippen LogP contribution in [-0.4, -0.2) is 23.1 Å². The molecule has 7 heteroatoms. The molecule has 0 unspecified atom stereocenters. The number of amides is 1. The van der Waals surface area contributed by atoms with Gasteiger partial charge in [0.1, 0.15) is 0 Å². The van der Waals surface area contributed by atoms with Crippen LogP contribution in [-0.2, 0) is 10.5 Å². The van der Waals surface area contributed by atoms with Crippen molar-refractivity contribution in [1.29, 1.82) is 0 Å². The third kappa shape index (κ3) is 4.66. The van der Waals surface area contributed by atoms with Crippen LogP contribution in [0.25, 0.3) is 0 Å². The van der Waals surface area contributed by atoms with Crippen molar-refractivity contribution in [3.63, 3.8) is 0 Å². The number of hydrogen-bond donors (Lipinski definition) is 1. The Morgan fingerprint density at radius 2 is 2.28 bits per heavy atom. The largest absolute Gasteiger partial charge is 0.356 e. The maximum absolute atomic E-state index is 11.2. The standard InChI is InChI=1S/C11H13BrN2O3S/c1-2-13-11(15)7-18-6-8-3-4-9(12)10(5-8)14(16)17/h3-5H,2,6-7H2,1H3,(H,13,15). The van der Waals surface area contributed by atoms with Gasteiger partial charge in [0.05, 0.1) is 15.1 Å². The van der Waals surface area contributed by atoms with Crippen LogP contribution in [0.3, 0.4) is 0 Å². The second-order valence-electron chi connectivity index (χ2n) is 3.49. The highest BCUT2D eigenvalue weighted by Crippen LogP contribution is 2.27. The minimum absolute atomic E-state index is 0.0193. The molecule has 0 atom stereocenters. The SMILES string of the molecule is CCNC(=O)CSCc1ccc(Br)c([N+](=O)[O-])c1. The zero-order chi connectivity index (χ0) is 13.5. The first-order chi connectivity index (χ1) is 8.54. The van der Waals surface area contributed by atoms with E-state index in [1.54, 1.807) is 6.07 Å². The average Bonchev–Trinajstić information content (AvgIpc) is 2.31. The van der Waals surface area contributed by atoms with Gasteiger partial charge in [0.25, 0.3) is 5.69 Å². The predicted octanol–water partition coefficient (Wildman–Crippen LogP) is 2.73. The van der Waals surface area contributed by atoms with E-state index in [0.717, 1.165) is 5.56 Å². The van der Waals surface area contributed by atoms with E-state index in [4.69, 9.17) is 0 Å². The molecule has 1 aromatic rings. The first kappa shape index (κ1) is 15.0. The number of nitrogens with one attached hydrogen (secondary N) is 1. The normalized spacial score (nSPS) is 10.1. The summed E-state index contributed by atoms with van der Waals surface area (Å²) in [5.41, 5.74) is 0.880. The topological polar surface area (TPSA) is 72.2 Å². The van der Waals surface area contributed by atoms with Gasteiger partial charge in [-0.05, 0) is 34.5 Å². The molecule has 0 bridgehead atoms. The molecule has 1 aromatic carbocycles. The van der Waals surface area contributed by atoms with Crippen LogP contribution < -0.4 is 5.32 Å². The molecule has 0 fully saturated rings. The lowest BCUT2D eigenvalue weighted by Crippen LogP contribution is -2.24. The summed E-state index contributed by atoms with van der Waals surface area (Å²) < 4.78 is 0.463. The summed E-state index contributed by atoms with van der Waals surface area (Å²) >= 11 is 4.56. The third-order valence-electron chi connectivity index (χ3n) is 2.08. The van der Waals surface area contributed by atoms with Gasteiger partial charge in [-0.2, -0.15) is 0 Å². The maximum Gasteiger partial charge on any atom is 0.283 e. The van der Waals surface area contributed by atoms with E-state index in [1.807, 2.05) is 13.0 Å². The molecule has 98 valence electrons. The molecule has 0 aromatic heterocycles. The van der Waals surface area contributed by atoms with Crippen molar-refractivity contribution in [3.05, 3.63) is 38.3 Å². The Kier molecular flexibility index (Phi) is 6.14. The second kappa shape index (κ2) is 7.38. The zero-order valence-electron chi connectivity index (χ0n) is 9.81. The number of thioether (sulfide) groups is 1. The molecule has 0 saturated carbocycles. The van der Waals surface area contributed by atoms with Crippen LogP contribution in [0, 0.1) is 10.1 Å². The molecule has 18 heavy (non-hydrogen) atoms. The number of nitro benzene ring substituents is 1. The van der Waals surface area contributed by atoms with Gasteiger partial charge >= 0.3 is 0 Å². The Labute approximate surface area is 118 Å². The quantitative estimate of drug-likeness (QED) is 0.642. The fourth-order valence-electron chi connectivity index (χ4n) is 1.30. The lowest BCUT2D eigenvalue weighted by Gasteiger charge is -2.03. The van der Waals surface area contributed by atoms with E-state index in [-0.39, 0.29) is 11.6 Å². The number of hydrogen-bond acceptors (Lipinski definition) is 4. The molecule has 0 heterocycles. The van der Waals surface area contributed by atoms with Crippen molar-refractivity contribution >= 4 is 39.3 Å². The van der Waals surface area contributed by atoms with Crippen molar-refractivity contribution < 1.29 is 9.72 Å². The Bertz CT molecular complexity index is 454. The summed E-state index contributed by atoms with van der Waals surface area (Å²) in [7, 11) is 0. The minimum Gasteiger partial charge on any atom is -0.356 e. The van der Waals surface area contributed by atoms with E-state index >= 15 is 0 Å². The number of nitrogens with zero attached hydrogens (tertiary/aromatic N) is 1. The van der Waals surface area contributed by atoms with Gasteiger partial charge in [-0.25, -0.2) is 0 Å². The molecule has 5 nitrogen and oxygen atoms in total. The molecular weight excluding hydrogens is 320 g/mol. The van der Waals surface area contributed by atoms with Gasteiger partial charge in [0, 0.05) is 18.4 Å². The summed E-state index contributed by atoms with van der Waals surface area (Å²) in [5, 5.41) is 13.4. The summed E-state index contributed by atoms with van der Waals surface area (Å²) in [6.45, 7) is 2.48.